The fourth-order valence-corrected chi connectivity index (χ4v) is 2.60. The van der Waals surface area contributed by atoms with Gasteiger partial charge in [-0.1, -0.05) is 19.8 Å². The SMILES string of the molecule is CC1CCC2(CC1)CC(=O)OC(=O)C2. The van der Waals surface area contributed by atoms with E-state index in [0.29, 0.717) is 12.8 Å². The maximum atomic E-state index is 11.2. The number of rotatable bonds is 0. The van der Waals surface area contributed by atoms with Crippen molar-refractivity contribution in [3.63, 3.8) is 0 Å². The summed E-state index contributed by atoms with van der Waals surface area (Å²) < 4.78 is 4.56. The topological polar surface area (TPSA) is 43.4 Å². The Labute approximate surface area is 83.8 Å². The Morgan fingerprint density at radius 2 is 1.64 bits per heavy atom. The zero-order chi connectivity index (χ0) is 10.2. The van der Waals surface area contributed by atoms with Gasteiger partial charge in [0.05, 0.1) is 12.8 Å². The zero-order valence-electron chi connectivity index (χ0n) is 8.54. The lowest BCUT2D eigenvalue weighted by molar-refractivity contribution is -0.170. The smallest absolute Gasteiger partial charge is 0.314 e. The number of esters is 2. The quantitative estimate of drug-likeness (QED) is 0.440. The van der Waals surface area contributed by atoms with E-state index in [1.165, 1.54) is 0 Å². The summed E-state index contributed by atoms with van der Waals surface area (Å²) in [6, 6.07) is 0. The van der Waals surface area contributed by atoms with E-state index in [2.05, 4.69) is 11.7 Å². The average molecular weight is 196 g/mol. The van der Waals surface area contributed by atoms with E-state index in [4.69, 9.17) is 0 Å². The Morgan fingerprint density at radius 1 is 1.14 bits per heavy atom. The molecule has 2 rings (SSSR count). The van der Waals surface area contributed by atoms with Gasteiger partial charge in [0.15, 0.2) is 0 Å². The highest BCUT2D eigenvalue weighted by molar-refractivity contribution is 5.89. The van der Waals surface area contributed by atoms with Gasteiger partial charge in [-0.25, -0.2) is 0 Å². The third kappa shape index (κ3) is 1.81. The minimum Gasteiger partial charge on any atom is -0.393 e. The molecule has 1 heterocycles. The van der Waals surface area contributed by atoms with Crippen LogP contribution in [0.1, 0.15) is 45.4 Å². The minimum atomic E-state index is -0.323. The van der Waals surface area contributed by atoms with E-state index in [1.807, 2.05) is 0 Å². The number of carbonyl (C=O) groups excluding carboxylic acids is 2. The van der Waals surface area contributed by atoms with Gasteiger partial charge in [0.2, 0.25) is 0 Å². The first-order valence-electron chi connectivity index (χ1n) is 5.33. The predicted octanol–water partition coefficient (Wildman–Crippen LogP) is 2.05. The van der Waals surface area contributed by atoms with Gasteiger partial charge in [-0.05, 0) is 24.2 Å². The van der Waals surface area contributed by atoms with E-state index in [1.54, 1.807) is 0 Å². The van der Waals surface area contributed by atoms with Crippen LogP contribution in [0, 0.1) is 11.3 Å². The second kappa shape index (κ2) is 3.37. The molecule has 2 fully saturated rings. The van der Waals surface area contributed by atoms with Crippen LogP contribution in [0.4, 0.5) is 0 Å². The van der Waals surface area contributed by atoms with E-state index < -0.39 is 0 Å². The van der Waals surface area contributed by atoms with Crippen LogP contribution in [0.2, 0.25) is 0 Å². The fraction of sp³-hybridized carbons (Fsp3) is 0.818. The lowest BCUT2D eigenvalue weighted by atomic mass is 9.66. The molecular weight excluding hydrogens is 180 g/mol. The molecule has 3 nitrogen and oxygen atoms in total. The molecule has 0 aromatic heterocycles. The van der Waals surface area contributed by atoms with Crippen LogP contribution in [-0.2, 0) is 14.3 Å². The first-order valence-corrected chi connectivity index (χ1v) is 5.33. The maximum absolute atomic E-state index is 11.2. The molecule has 1 saturated heterocycles. The molecule has 0 aromatic rings. The second-order valence-electron chi connectivity index (χ2n) is 4.88. The van der Waals surface area contributed by atoms with Crippen molar-refractivity contribution in [3.05, 3.63) is 0 Å². The summed E-state index contributed by atoms with van der Waals surface area (Å²) in [5.41, 5.74) is -0.0427. The predicted molar refractivity (Wildman–Crippen MR) is 50.4 cm³/mol. The van der Waals surface area contributed by atoms with Crippen LogP contribution in [0.15, 0.2) is 0 Å². The van der Waals surface area contributed by atoms with E-state index in [-0.39, 0.29) is 17.4 Å². The highest BCUT2D eigenvalue weighted by Gasteiger charge is 2.42. The van der Waals surface area contributed by atoms with Crippen molar-refractivity contribution in [2.45, 2.75) is 45.4 Å². The van der Waals surface area contributed by atoms with Crippen LogP contribution in [0.5, 0.6) is 0 Å². The first kappa shape index (κ1) is 9.69. The second-order valence-corrected chi connectivity index (χ2v) is 4.88. The van der Waals surface area contributed by atoms with Crippen molar-refractivity contribution in [1.82, 2.24) is 0 Å². The van der Waals surface area contributed by atoms with Gasteiger partial charge in [-0.2, -0.15) is 0 Å². The van der Waals surface area contributed by atoms with Crippen molar-refractivity contribution in [3.8, 4) is 0 Å². The molecule has 14 heavy (non-hydrogen) atoms. The number of ether oxygens (including phenoxy) is 1. The van der Waals surface area contributed by atoms with Crippen LogP contribution in [0.3, 0.4) is 0 Å². The summed E-state index contributed by atoms with van der Waals surface area (Å²) in [6.07, 6.45) is 5.20. The summed E-state index contributed by atoms with van der Waals surface area (Å²) in [5, 5.41) is 0. The lowest BCUT2D eigenvalue weighted by Crippen LogP contribution is -2.38. The summed E-state index contributed by atoms with van der Waals surface area (Å²) in [4.78, 5) is 22.4. The molecular formula is C11H16O3. The molecule has 1 saturated carbocycles. The summed E-state index contributed by atoms with van der Waals surface area (Å²) in [7, 11) is 0. The summed E-state index contributed by atoms with van der Waals surface area (Å²) in [6.45, 7) is 2.23. The molecule has 1 aliphatic heterocycles. The van der Waals surface area contributed by atoms with Crippen molar-refractivity contribution in [1.29, 1.82) is 0 Å². The molecule has 0 bridgehead atoms. The molecule has 2 aliphatic rings. The van der Waals surface area contributed by atoms with Crippen molar-refractivity contribution >= 4 is 11.9 Å². The average Bonchev–Trinajstić information content (AvgIpc) is 2.09. The third-order valence-electron chi connectivity index (χ3n) is 3.60. The monoisotopic (exact) mass is 196 g/mol. The highest BCUT2D eigenvalue weighted by Crippen LogP contribution is 2.46. The number of carbonyl (C=O) groups is 2. The van der Waals surface area contributed by atoms with Gasteiger partial charge >= 0.3 is 11.9 Å². The van der Waals surface area contributed by atoms with Crippen molar-refractivity contribution < 1.29 is 14.3 Å². The number of hydrogen-bond donors (Lipinski definition) is 0. The van der Waals surface area contributed by atoms with E-state index in [9.17, 15) is 9.59 Å². The highest BCUT2D eigenvalue weighted by atomic mass is 16.6. The van der Waals surface area contributed by atoms with Crippen LogP contribution >= 0.6 is 0 Å². The molecule has 78 valence electrons. The normalized spacial score (nSPS) is 27.8. The van der Waals surface area contributed by atoms with Crippen molar-refractivity contribution in [2.75, 3.05) is 0 Å². The van der Waals surface area contributed by atoms with Gasteiger partial charge < -0.3 is 4.74 Å². The molecule has 1 spiro atoms. The van der Waals surface area contributed by atoms with Gasteiger partial charge in [-0.15, -0.1) is 0 Å². The Hall–Kier alpha value is -0.860. The zero-order valence-corrected chi connectivity index (χ0v) is 8.54. The Balaban J connectivity index is 2.07. The van der Waals surface area contributed by atoms with E-state index >= 15 is 0 Å². The van der Waals surface area contributed by atoms with Gasteiger partial charge in [0.1, 0.15) is 0 Å². The summed E-state index contributed by atoms with van der Waals surface area (Å²) >= 11 is 0. The van der Waals surface area contributed by atoms with Gasteiger partial charge in [0.25, 0.3) is 0 Å². The van der Waals surface area contributed by atoms with Crippen LogP contribution < -0.4 is 0 Å². The minimum absolute atomic E-state index is 0.0427. The first-order chi connectivity index (χ1) is 6.60. The van der Waals surface area contributed by atoms with Crippen LogP contribution in [0.25, 0.3) is 0 Å². The molecule has 0 radical (unpaired) electrons. The molecule has 3 heteroatoms. The lowest BCUT2D eigenvalue weighted by Gasteiger charge is -2.40. The fourth-order valence-electron chi connectivity index (χ4n) is 2.60. The van der Waals surface area contributed by atoms with Gasteiger partial charge in [0, 0.05) is 0 Å². The van der Waals surface area contributed by atoms with E-state index in [0.717, 1.165) is 31.6 Å². The number of cyclic esters (lactones) is 2. The molecule has 0 atom stereocenters. The Bertz CT molecular complexity index is 244. The molecule has 0 amide bonds. The third-order valence-corrected chi connectivity index (χ3v) is 3.60. The van der Waals surface area contributed by atoms with Crippen LogP contribution in [-0.4, -0.2) is 11.9 Å². The number of hydrogen-bond acceptors (Lipinski definition) is 3. The Morgan fingerprint density at radius 3 is 2.14 bits per heavy atom. The largest absolute Gasteiger partial charge is 0.393 e. The van der Waals surface area contributed by atoms with Crippen molar-refractivity contribution in [2.24, 2.45) is 11.3 Å². The summed E-state index contributed by atoms with van der Waals surface area (Å²) in [5.74, 6) is 0.0975. The van der Waals surface area contributed by atoms with Gasteiger partial charge in [-0.3, -0.25) is 9.59 Å². The molecule has 0 N–H and O–H groups in total. The molecule has 0 unspecified atom stereocenters. The maximum Gasteiger partial charge on any atom is 0.314 e. The molecule has 1 aliphatic carbocycles. The standard InChI is InChI=1S/C11H16O3/c1-8-2-4-11(5-3-8)6-9(12)14-10(13)7-11/h8H,2-7H2,1H3. The Kier molecular flexibility index (Phi) is 2.33. The molecule has 0 aromatic carbocycles.